The molecular formula is C27H24N2. The van der Waals surface area contributed by atoms with Crippen molar-refractivity contribution in [3.05, 3.63) is 106 Å². The zero-order valence-electron chi connectivity index (χ0n) is 16.5. The van der Waals surface area contributed by atoms with Gasteiger partial charge in [-0.3, -0.25) is 4.99 Å². The van der Waals surface area contributed by atoms with E-state index < -0.39 is 0 Å². The van der Waals surface area contributed by atoms with Crippen LogP contribution in [-0.4, -0.2) is 6.21 Å². The molecule has 0 unspecified atom stereocenters. The lowest BCUT2D eigenvalue weighted by atomic mass is 9.86. The molecule has 0 amide bonds. The number of hydrogen-bond acceptors (Lipinski definition) is 2. The highest BCUT2D eigenvalue weighted by atomic mass is 14.7. The van der Waals surface area contributed by atoms with Crippen LogP contribution in [0.25, 0.3) is 17.2 Å². The number of allylic oxidation sites excluding steroid dienone is 1. The molecule has 1 heterocycles. The van der Waals surface area contributed by atoms with E-state index in [-0.39, 0.29) is 0 Å². The lowest BCUT2D eigenvalue weighted by Crippen LogP contribution is -1.98. The first-order valence-corrected chi connectivity index (χ1v) is 10.2. The molecule has 5 rings (SSSR count). The number of rotatable bonds is 3. The molecular weight excluding hydrogens is 352 g/mol. The van der Waals surface area contributed by atoms with Crippen molar-refractivity contribution in [3.63, 3.8) is 0 Å². The molecule has 1 aliphatic carbocycles. The van der Waals surface area contributed by atoms with Crippen LogP contribution in [0.3, 0.4) is 0 Å². The van der Waals surface area contributed by atoms with Crippen molar-refractivity contribution in [2.24, 2.45) is 4.99 Å². The molecule has 0 radical (unpaired) electrons. The van der Waals surface area contributed by atoms with E-state index in [4.69, 9.17) is 5.73 Å². The van der Waals surface area contributed by atoms with Crippen molar-refractivity contribution in [1.82, 2.24) is 0 Å². The number of aryl methyl sites for hydroxylation is 1. The Morgan fingerprint density at radius 2 is 1.69 bits per heavy atom. The summed E-state index contributed by atoms with van der Waals surface area (Å²) in [6.45, 7) is 4.69. The summed E-state index contributed by atoms with van der Waals surface area (Å²) in [4.78, 5) is 4.43. The van der Waals surface area contributed by atoms with Crippen molar-refractivity contribution >= 4 is 29.1 Å². The fourth-order valence-corrected chi connectivity index (χ4v) is 4.50. The van der Waals surface area contributed by atoms with E-state index in [0.717, 1.165) is 37.1 Å². The second kappa shape index (κ2) is 7.21. The summed E-state index contributed by atoms with van der Waals surface area (Å²) in [7, 11) is 0. The van der Waals surface area contributed by atoms with Gasteiger partial charge in [-0.25, -0.2) is 0 Å². The number of hydrogen-bond donors (Lipinski definition) is 1. The summed E-state index contributed by atoms with van der Waals surface area (Å²) >= 11 is 0. The maximum absolute atomic E-state index is 6.12. The van der Waals surface area contributed by atoms with Gasteiger partial charge in [0.1, 0.15) is 0 Å². The Bertz CT molecular complexity index is 1160. The summed E-state index contributed by atoms with van der Waals surface area (Å²) in [5.74, 6) is 0. The van der Waals surface area contributed by atoms with Crippen LogP contribution in [0.5, 0.6) is 0 Å². The van der Waals surface area contributed by atoms with E-state index in [0.29, 0.717) is 0 Å². The van der Waals surface area contributed by atoms with Gasteiger partial charge in [0.2, 0.25) is 0 Å². The summed E-state index contributed by atoms with van der Waals surface area (Å²) in [6.07, 6.45) is 7.10. The minimum atomic E-state index is 0.798. The number of anilines is 1. The van der Waals surface area contributed by atoms with Crippen LogP contribution in [0.4, 0.5) is 5.69 Å². The Morgan fingerprint density at radius 1 is 0.862 bits per heavy atom. The Balaban J connectivity index is 1.76. The fourth-order valence-electron chi connectivity index (χ4n) is 4.50. The summed E-state index contributed by atoms with van der Waals surface area (Å²) < 4.78 is 0. The third-order valence-corrected chi connectivity index (χ3v) is 5.99. The quantitative estimate of drug-likeness (QED) is 0.548. The highest BCUT2D eigenvalue weighted by molar-refractivity contribution is 6.01. The third-order valence-electron chi connectivity index (χ3n) is 5.99. The highest BCUT2D eigenvalue weighted by Crippen LogP contribution is 2.40. The smallest absolute Gasteiger partial charge is 0.0646 e. The SMILES string of the molecule is C=Cc1ccc(C2=C(c3ccc4c(c3)C=NC4)CCCc3cc(N)ccc32)cc1. The van der Waals surface area contributed by atoms with Gasteiger partial charge >= 0.3 is 0 Å². The van der Waals surface area contributed by atoms with Gasteiger partial charge in [-0.2, -0.15) is 0 Å². The standard InChI is InChI=1S/C27H24N2/c1-2-18-6-8-19(9-7-18)27-25(21-10-11-22-16-29-17-23(22)14-21)5-3-4-20-15-24(28)12-13-26(20)27/h2,6-15,17H,1,3-5,16,28H2. The second-order valence-corrected chi connectivity index (χ2v) is 7.83. The summed E-state index contributed by atoms with van der Waals surface area (Å²) in [5.41, 5.74) is 18.6. The molecule has 0 aromatic heterocycles. The minimum absolute atomic E-state index is 0.798. The van der Waals surface area contributed by atoms with E-state index in [1.807, 2.05) is 18.4 Å². The van der Waals surface area contributed by atoms with Crippen LogP contribution in [0.2, 0.25) is 0 Å². The largest absolute Gasteiger partial charge is 0.399 e. The van der Waals surface area contributed by atoms with Crippen molar-refractivity contribution in [1.29, 1.82) is 0 Å². The Hall–Kier alpha value is -3.39. The third kappa shape index (κ3) is 3.21. The number of fused-ring (bicyclic) bond motifs is 2. The molecule has 2 N–H and O–H groups in total. The van der Waals surface area contributed by atoms with Gasteiger partial charge in [-0.1, -0.05) is 55.1 Å². The normalized spacial score (nSPS) is 15.0. The first kappa shape index (κ1) is 17.7. The van der Waals surface area contributed by atoms with Crippen LogP contribution >= 0.6 is 0 Å². The number of nitrogens with zero attached hydrogens (tertiary/aromatic N) is 1. The van der Waals surface area contributed by atoms with Crippen molar-refractivity contribution in [2.45, 2.75) is 25.8 Å². The highest BCUT2D eigenvalue weighted by Gasteiger charge is 2.21. The van der Waals surface area contributed by atoms with Crippen LogP contribution in [0, 0.1) is 0 Å². The molecule has 3 aromatic carbocycles. The number of nitrogen functional groups attached to an aromatic ring is 1. The molecule has 2 nitrogen and oxygen atoms in total. The van der Waals surface area contributed by atoms with E-state index in [1.165, 1.54) is 44.5 Å². The number of benzene rings is 3. The predicted molar refractivity (Wildman–Crippen MR) is 124 cm³/mol. The van der Waals surface area contributed by atoms with Gasteiger partial charge in [-0.15, -0.1) is 0 Å². The van der Waals surface area contributed by atoms with Crippen molar-refractivity contribution in [2.75, 3.05) is 5.73 Å². The molecule has 2 heteroatoms. The minimum Gasteiger partial charge on any atom is -0.399 e. The first-order chi connectivity index (χ1) is 14.2. The second-order valence-electron chi connectivity index (χ2n) is 7.83. The molecule has 3 aromatic rings. The van der Waals surface area contributed by atoms with Gasteiger partial charge in [0, 0.05) is 11.9 Å². The fraction of sp³-hybridized carbons (Fsp3) is 0.148. The Morgan fingerprint density at radius 3 is 2.52 bits per heavy atom. The maximum Gasteiger partial charge on any atom is 0.0646 e. The Labute approximate surface area is 172 Å². The molecule has 0 fully saturated rings. The van der Waals surface area contributed by atoms with Crippen LogP contribution < -0.4 is 5.73 Å². The van der Waals surface area contributed by atoms with Crippen LogP contribution in [0.15, 0.2) is 72.2 Å². The van der Waals surface area contributed by atoms with Gasteiger partial charge in [0.25, 0.3) is 0 Å². The van der Waals surface area contributed by atoms with Crippen LogP contribution in [-0.2, 0) is 13.0 Å². The first-order valence-electron chi connectivity index (χ1n) is 10.2. The molecule has 0 saturated heterocycles. The van der Waals surface area contributed by atoms with E-state index >= 15 is 0 Å². The molecule has 0 bridgehead atoms. The van der Waals surface area contributed by atoms with Gasteiger partial charge in [0.05, 0.1) is 6.54 Å². The van der Waals surface area contributed by atoms with Crippen molar-refractivity contribution < 1.29 is 0 Å². The zero-order valence-corrected chi connectivity index (χ0v) is 16.5. The topological polar surface area (TPSA) is 38.4 Å². The number of aliphatic imine (C=N–C) groups is 1. The monoisotopic (exact) mass is 376 g/mol. The Kier molecular flexibility index (Phi) is 4.40. The van der Waals surface area contributed by atoms with Crippen LogP contribution in [0.1, 0.15) is 51.8 Å². The average molecular weight is 377 g/mol. The maximum atomic E-state index is 6.12. The molecule has 142 valence electrons. The van der Waals surface area contributed by atoms with E-state index in [9.17, 15) is 0 Å². The number of nitrogens with two attached hydrogens (primary N) is 1. The molecule has 29 heavy (non-hydrogen) atoms. The zero-order chi connectivity index (χ0) is 19.8. The molecule has 0 atom stereocenters. The summed E-state index contributed by atoms with van der Waals surface area (Å²) in [6, 6.07) is 21.9. The van der Waals surface area contributed by atoms with Gasteiger partial charge < -0.3 is 5.73 Å². The average Bonchev–Trinajstić information content (AvgIpc) is 3.14. The lowest BCUT2D eigenvalue weighted by Gasteiger charge is -2.17. The molecule has 0 spiro atoms. The van der Waals surface area contributed by atoms with E-state index in [1.54, 1.807) is 0 Å². The lowest BCUT2D eigenvalue weighted by molar-refractivity contribution is 0.861. The molecule has 0 saturated carbocycles. The molecule has 2 aliphatic rings. The predicted octanol–water partition coefficient (Wildman–Crippen LogP) is 6.14. The summed E-state index contributed by atoms with van der Waals surface area (Å²) in [5, 5.41) is 0. The van der Waals surface area contributed by atoms with E-state index in [2.05, 4.69) is 66.2 Å². The van der Waals surface area contributed by atoms with Crippen molar-refractivity contribution in [3.8, 4) is 0 Å². The van der Waals surface area contributed by atoms with Gasteiger partial charge in [0.15, 0.2) is 0 Å². The van der Waals surface area contributed by atoms with Gasteiger partial charge in [-0.05, 0) is 87.6 Å². The molecule has 1 aliphatic heterocycles.